The molecule has 0 spiro atoms. The number of aromatic nitrogens is 2. The number of imidazole rings is 1. The maximum Gasteiger partial charge on any atom is 0.410 e. The molecule has 172 valence electrons. The fourth-order valence-electron chi connectivity index (χ4n) is 3.93. The second kappa shape index (κ2) is 9.67. The second-order valence-electron chi connectivity index (χ2n) is 8.99. The number of carbonyl (C=O) groups is 1. The average molecular weight is 444 g/mol. The first-order valence-corrected chi connectivity index (χ1v) is 10.7. The van der Waals surface area contributed by atoms with E-state index < -0.39 is 23.8 Å². The molecule has 0 bridgehead atoms. The van der Waals surface area contributed by atoms with Crippen LogP contribution in [0.15, 0.2) is 36.8 Å². The van der Waals surface area contributed by atoms with Gasteiger partial charge in [0, 0.05) is 19.6 Å². The van der Waals surface area contributed by atoms with Crippen LogP contribution in [0.3, 0.4) is 0 Å². The molecule has 3 rings (SSSR count). The van der Waals surface area contributed by atoms with Crippen LogP contribution in [-0.2, 0) is 4.74 Å². The normalized spacial score (nSPS) is 19.3. The molecule has 1 fully saturated rings. The topological polar surface area (TPSA) is 94.6 Å². The summed E-state index contributed by atoms with van der Waals surface area (Å²) in [4.78, 5) is 20.2. The van der Waals surface area contributed by atoms with Gasteiger partial charge in [0.15, 0.2) is 0 Å². The van der Waals surface area contributed by atoms with Crippen molar-refractivity contribution in [3.05, 3.63) is 53.9 Å². The number of benzene rings is 1. The van der Waals surface area contributed by atoms with E-state index in [0.29, 0.717) is 18.8 Å². The number of rotatable bonds is 5. The Morgan fingerprint density at radius 2 is 2.03 bits per heavy atom. The number of ether oxygens (including phenoxy) is 1. The zero-order valence-electron chi connectivity index (χ0n) is 18.9. The van der Waals surface area contributed by atoms with Crippen LogP contribution >= 0.6 is 0 Å². The van der Waals surface area contributed by atoms with E-state index in [9.17, 15) is 19.6 Å². The molecule has 1 aliphatic rings. The third kappa shape index (κ3) is 5.26. The van der Waals surface area contributed by atoms with E-state index in [0.717, 1.165) is 5.56 Å². The quantitative estimate of drug-likeness (QED) is 0.763. The molecule has 2 heterocycles. The molecule has 0 aliphatic carbocycles. The molecule has 3 atom stereocenters. The standard InChI is InChI=1S/C23H30FN5O3/c1-16(17-5-7-18(24)8-6-17)29-15-26-12-21(29)20(11-25)28-10-9-27(13-19(28)14-30)22(31)32-23(2,3)4/h5-8,12,15-16,19-20,30H,9-10,13-14H2,1-4H3. The van der Waals surface area contributed by atoms with Crippen molar-refractivity contribution in [3.63, 3.8) is 0 Å². The van der Waals surface area contributed by atoms with Gasteiger partial charge in [-0.05, 0) is 45.4 Å². The Morgan fingerprint density at radius 1 is 1.34 bits per heavy atom. The highest BCUT2D eigenvalue weighted by atomic mass is 19.1. The minimum absolute atomic E-state index is 0.167. The Kier molecular flexibility index (Phi) is 7.16. The van der Waals surface area contributed by atoms with Crippen LogP contribution in [0.5, 0.6) is 0 Å². The number of carbonyl (C=O) groups excluding carboxylic acids is 1. The minimum atomic E-state index is -0.668. The smallest absolute Gasteiger partial charge is 0.410 e. The molecule has 9 heteroatoms. The number of aliphatic hydroxyl groups excluding tert-OH is 1. The fraction of sp³-hybridized carbons (Fsp3) is 0.522. The zero-order chi connectivity index (χ0) is 23.5. The van der Waals surface area contributed by atoms with Crippen molar-refractivity contribution >= 4 is 6.09 Å². The summed E-state index contributed by atoms with van der Waals surface area (Å²) in [5.41, 5.74) is 0.950. The highest BCUT2D eigenvalue weighted by Crippen LogP contribution is 2.29. The number of amides is 1. The van der Waals surface area contributed by atoms with Crippen LogP contribution in [-0.4, -0.2) is 68.4 Å². The van der Waals surface area contributed by atoms with Gasteiger partial charge >= 0.3 is 6.09 Å². The Morgan fingerprint density at radius 3 is 2.62 bits per heavy atom. The monoisotopic (exact) mass is 443 g/mol. The highest BCUT2D eigenvalue weighted by Gasteiger charge is 2.37. The lowest BCUT2D eigenvalue weighted by Crippen LogP contribution is -2.57. The summed E-state index contributed by atoms with van der Waals surface area (Å²) in [5, 5.41) is 20.1. The molecule has 32 heavy (non-hydrogen) atoms. The van der Waals surface area contributed by atoms with Gasteiger partial charge in [-0.25, -0.2) is 14.2 Å². The first-order chi connectivity index (χ1) is 15.1. The number of halogens is 1. The van der Waals surface area contributed by atoms with Crippen LogP contribution in [0.2, 0.25) is 0 Å². The van der Waals surface area contributed by atoms with Crippen LogP contribution in [0, 0.1) is 17.1 Å². The molecule has 1 aromatic carbocycles. The van der Waals surface area contributed by atoms with Crippen LogP contribution in [0.25, 0.3) is 0 Å². The van der Waals surface area contributed by atoms with Crippen molar-refractivity contribution in [2.45, 2.75) is 51.4 Å². The molecule has 0 radical (unpaired) electrons. The lowest BCUT2D eigenvalue weighted by molar-refractivity contribution is -0.0107. The Balaban J connectivity index is 1.81. The van der Waals surface area contributed by atoms with Crippen LogP contribution in [0.1, 0.15) is 51.0 Å². The number of piperazine rings is 1. The van der Waals surface area contributed by atoms with E-state index in [1.807, 2.05) is 16.4 Å². The third-order valence-corrected chi connectivity index (χ3v) is 5.59. The van der Waals surface area contributed by atoms with Gasteiger partial charge in [-0.1, -0.05) is 12.1 Å². The molecule has 1 amide bonds. The van der Waals surface area contributed by atoms with Gasteiger partial charge in [0.05, 0.1) is 43.0 Å². The van der Waals surface area contributed by atoms with Crippen LogP contribution < -0.4 is 0 Å². The molecule has 1 saturated heterocycles. The van der Waals surface area contributed by atoms with Crippen molar-refractivity contribution in [1.82, 2.24) is 19.4 Å². The second-order valence-corrected chi connectivity index (χ2v) is 8.99. The summed E-state index contributed by atoms with van der Waals surface area (Å²) < 4.78 is 20.7. The number of hydrogen-bond acceptors (Lipinski definition) is 6. The van der Waals surface area contributed by atoms with Gasteiger partial charge in [0.1, 0.15) is 17.5 Å². The molecule has 8 nitrogen and oxygen atoms in total. The Bertz CT molecular complexity index is 963. The summed E-state index contributed by atoms with van der Waals surface area (Å²) >= 11 is 0. The fourth-order valence-corrected chi connectivity index (χ4v) is 3.93. The Hall–Kier alpha value is -2.96. The molecule has 3 unspecified atom stereocenters. The molecular formula is C23H30FN5O3. The first-order valence-electron chi connectivity index (χ1n) is 10.7. The number of nitriles is 1. The van der Waals surface area contributed by atoms with E-state index in [1.54, 1.807) is 50.3 Å². The molecule has 1 N–H and O–H groups in total. The number of nitrogens with zero attached hydrogens (tertiary/aromatic N) is 5. The predicted octanol–water partition coefficient (Wildman–Crippen LogP) is 3.11. The third-order valence-electron chi connectivity index (χ3n) is 5.59. The summed E-state index contributed by atoms with van der Waals surface area (Å²) in [7, 11) is 0. The SMILES string of the molecule is CC(c1ccc(F)cc1)n1cncc1C(C#N)N1CCN(C(=O)OC(C)(C)C)CC1CO. The highest BCUT2D eigenvalue weighted by molar-refractivity contribution is 5.68. The Labute approximate surface area is 187 Å². The van der Waals surface area contributed by atoms with Crippen LogP contribution in [0.4, 0.5) is 9.18 Å². The van der Waals surface area contributed by atoms with Crippen molar-refractivity contribution < 1.29 is 19.0 Å². The van der Waals surface area contributed by atoms with Crippen molar-refractivity contribution in [2.75, 3.05) is 26.2 Å². The van der Waals surface area contributed by atoms with Crippen molar-refractivity contribution in [3.8, 4) is 6.07 Å². The first kappa shape index (κ1) is 23.7. The van der Waals surface area contributed by atoms with Gasteiger partial charge in [0.2, 0.25) is 0 Å². The van der Waals surface area contributed by atoms with Gasteiger partial charge < -0.3 is 19.3 Å². The van der Waals surface area contributed by atoms with Gasteiger partial charge in [-0.15, -0.1) is 0 Å². The predicted molar refractivity (Wildman–Crippen MR) is 116 cm³/mol. The van der Waals surface area contributed by atoms with E-state index >= 15 is 0 Å². The largest absolute Gasteiger partial charge is 0.444 e. The summed E-state index contributed by atoms with van der Waals surface area (Å²) in [6.07, 6.45) is 2.86. The van der Waals surface area contributed by atoms with E-state index in [4.69, 9.17) is 4.74 Å². The summed E-state index contributed by atoms with van der Waals surface area (Å²) in [6, 6.07) is 7.30. The van der Waals surface area contributed by atoms with Crippen molar-refractivity contribution in [1.29, 1.82) is 5.26 Å². The summed E-state index contributed by atoms with van der Waals surface area (Å²) in [6.45, 7) is 8.20. The number of aliphatic hydroxyl groups is 1. The number of hydrogen-bond donors (Lipinski definition) is 1. The average Bonchev–Trinajstić information content (AvgIpc) is 3.22. The van der Waals surface area contributed by atoms with E-state index in [2.05, 4.69) is 11.1 Å². The zero-order valence-corrected chi connectivity index (χ0v) is 18.9. The van der Waals surface area contributed by atoms with E-state index in [1.165, 1.54) is 12.1 Å². The lowest BCUT2D eigenvalue weighted by atomic mass is 10.0. The molecular weight excluding hydrogens is 413 g/mol. The van der Waals surface area contributed by atoms with Gasteiger partial charge in [-0.2, -0.15) is 5.26 Å². The van der Waals surface area contributed by atoms with Gasteiger partial charge in [0.25, 0.3) is 0 Å². The molecule has 1 aromatic heterocycles. The van der Waals surface area contributed by atoms with Gasteiger partial charge in [-0.3, -0.25) is 4.90 Å². The maximum absolute atomic E-state index is 13.3. The van der Waals surface area contributed by atoms with E-state index in [-0.39, 0.29) is 25.0 Å². The molecule has 1 aliphatic heterocycles. The minimum Gasteiger partial charge on any atom is -0.444 e. The summed E-state index contributed by atoms with van der Waals surface area (Å²) in [5.74, 6) is -0.310. The molecule has 2 aromatic rings. The maximum atomic E-state index is 13.3. The lowest BCUT2D eigenvalue weighted by Gasteiger charge is -2.42. The molecule has 0 saturated carbocycles. The van der Waals surface area contributed by atoms with Crippen molar-refractivity contribution in [2.24, 2.45) is 0 Å².